The van der Waals surface area contributed by atoms with Gasteiger partial charge in [0.25, 0.3) is 0 Å². The lowest BCUT2D eigenvalue weighted by atomic mass is 9.86. The van der Waals surface area contributed by atoms with Crippen LogP contribution in [0.3, 0.4) is 0 Å². The molecule has 3 N–H and O–H groups in total. The van der Waals surface area contributed by atoms with Gasteiger partial charge in [0.2, 0.25) is 0 Å². The van der Waals surface area contributed by atoms with E-state index in [1.807, 2.05) is 4.90 Å². The van der Waals surface area contributed by atoms with Crippen molar-refractivity contribution in [2.45, 2.75) is 61.8 Å². The number of aliphatic hydroxyl groups is 1. The number of urea groups is 1. The number of carboxylic acids is 1. The highest BCUT2D eigenvalue weighted by Crippen LogP contribution is 2.31. The number of rotatable bonds is 10. The fourth-order valence-corrected chi connectivity index (χ4v) is 5.57. The number of halogens is 1. The molecule has 2 aromatic rings. The Morgan fingerprint density at radius 1 is 1.27 bits per heavy atom. The van der Waals surface area contributed by atoms with E-state index >= 15 is 0 Å². The maximum Gasteiger partial charge on any atom is 0.323 e. The molecule has 1 aromatic carbocycles. The highest BCUT2D eigenvalue weighted by atomic mass is 32.2. The molecule has 1 atom stereocenters. The molecule has 10 heteroatoms. The Bertz CT molecular complexity index is 917. The molecule has 1 aromatic heterocycles. The molecule has 0 bridgehead atoms. The Kier molecular flexibility index (Phi) is 9.52. The number of carbonyl (C=O) groups excluding carboxylic acids is 1. The average Bonchev–Trinajstić information content (AvgIpc) is 3.23. The van der Waals surface area contributed by atoms with E-state index < -0.39 is 12.1 Å². The van der Waals surface area contributed by atoms with Gasteiger partial charge in [-0.1, -0.05) is 30.4 Å². The van der Waals surface area contributed by atoms with Crippen LogP contribution in [-0.2, 0) is 4.79 Å². The third-order valence-electron chi connectivity index (χ3n) is 5.85. The number of aromatic nitrogens is 1. The molecule has 1 unspecified atom stereocenters. The van der Waals surface area contributed by atoms with E-state index in [-0.39, 0.29) is 23.6 Å². The maximum absolute atomic E-state index is 13.1. The SMILES string of the molecule is C[C@H]1CC[C@H](N(CCCC(O)c2ccc(F)cc2)C(=O)Nc2ncc(SCC(=O)O)s2)CC1. The molecule has 1 fully saturated rings. The fraction of sp³-hybridized carbons (Fsp3) is 0.522. The van der Waals surface area contributed by atoms with Crippen LogP contribution in [0.5, 0.6) is 0 Å². The Morgan fingerprint density at radius 3 is 2.64 bits per heavy atom. The van der Waals surface area contributed by atoms with Crippen molar-refractivity contribution in [1.82, 2.24) is 9.88 Å². The van der Waals surface area contributed by atoms with Crippen LogP contribution in [0.15, 0.2) is 34.7 Å². The minimum atomic E-state index is -0.903. The zero-order chi connectivity index (χ0) is 23.8. The van der Waals surface area contributed by atoms with Crippen molar-refractivity contribution in [2.75, 3.05) is 17.6 Å². The number of hydrogen-bond acceptors (Lipinski definition) is 6. The van der Waals surface area contributed by atoms with Crippen molar-refractivity contribution in [2.24, 2.45) is 5.92 Å². The van der Waals surface area contributed by atoms with Crippen molar-refractivity contribution in [3.05, 3.63) is 41.8 Å². The second kappa shape index (κ2) is 12.3. The highest BCUT2D eigenvalue weighted by molar-refractivity contribution is 8.01. The molecule has 1 aliphatic carbocycles. The van der Waals surface area contributed by atoms with Crippen molar-refractivity contribution in [3.63, 3.8) is 0 Å². The van der Waals surface area contributed by atoms with Crippen molar-refractivity contribution in [1.29, 1.82) is 0 Å². The van der Waals surface area contributed by atoms with Crippen LogP contribution in [0.4, 0.5) is 14.3 Å². The quantitative estimate of drug-likeness (QED) is 0.382. The Morgan fingerprint density at radius 2 is 1.97 bits per heavy atom. The lowest BCUT2D eigenvalue weighted by molar-refractivity contribution is -0.133. The van der Waals surface area contributed by atoms with Gasteiger partial charge in [0.15, 0.2) is 5.13 Å². The minimum absolute atomic E-state index is 0.0572. The van der Waals surface area contributed by atoms with Gasteiger partial charge in [-0.3, -0.25) is 10.1 Å². The predicted molar refractivity (Wildman–Crippen MR) is 128 cm³/mol. The number of hydrogen-bond donors (Lipinski definition) is 3. The number of thiazole rings is 1. The Hall–Kier alpha value is -2.17. The maximum atomic E-state index is 13.1. The van der Waals surface area contributed by atoms with Crippen LogP contribution in [0, 0.1) is 11.7 Å². The summed E-state index contributed by atoms with van der Waals surface area (Å²) >= 11 is 2.42. The van der Waals surface area contributed by atoms with Crippen molar-refractivity contribution < 1.29 is 24.2 Å². The van der Waals surface area contributed by atoms with Gasteiger partial charge >= 0.3 is 12.0 Å². The molecule has 0 radical (unpaired) electrons. The number of aliphatic carboxylic acids is 1. The summed E-state index contributed by atoms with van der Waals surface area (Å²) in [7, 11) is 0. The van der Waals surface area contributed by atoms with E-state index in [1.54, 1.807) is 18.3 Å². The van der Waals surface area contributed by atoms with Crippen LogP contribution in [0.25, 0.3) is 0 Å². The molecule has 0 aliphatic heterocycles. The summed E-state index contributed by atoms with van der Waals surface area (Å²) in [5, 5.41) is 22.6. The van der Waals surface area contributed by atoms with Crippen molar-refractivity contribution in [3.8, 4) is 0 Å². The summed E-state index contributed by atoms with van der Waals surface area (Å²) in [5.74, 6) is -0.649. The van der Waals surface area contributed by atoms with Crippen LogP contribution >= 0.6 is 23.1 Å². The van der Waals surface area contributed by atoms with E-state index in [0.717, 1.165) is 29.9 Å². The molecule has 1 heterocycles. The van der Waals surface area contributed by atoms with E-state index in [2.05, 4.69) is 17.2 Å². The topological polar surface area (TPSA) is 103 Å². The van der Waals surface area contributed by atoms with Gasteiger partial charge < -0.3 is 15.1 Å². The van der Waals surface area contributed by atoms with Gasteiger partial charge in [0.05, 0.1) is 22.3 Å². The summed E-state index contributed by atoms with van der Waals surface area (Å²) in [5.41, 5.74) is 0.660. The van der Waals surface area contributed by atoms with Crippen molar-refractivity contribution >= 4 is 40.2 Å². The first-order valence-corrected chi connectivity index (χ1v) is 12.9. The van der Waals surface area contributed by atoms with Gasteiger partial charge in [-0.15, -0.1) is 11.8 Å². The molecule has 2 amide bonds. The largest absolute Gasteiger partial charge is 0.481 e. The monoisotopic (exact) mass is 495 g/mol. The standard InChI is InChI=1S/C23H30FN3O4S2/c1-15-4-10-18(11-5-15)27(12-2-3-19(28)16-6-8-17(24)9-7-16)23(31)26-22-25-13-21(33-22)32-14-20(29)30/h6-9,13,15,18-19,28H,2-5,10-12,14H2,1H3,(H,29,30)(H,25,26,31)/t15-,18-,19?. The molecule has 33 heavy (non-hydrogen) atoms. The van der Waals surface area contributed by atoms with Crippen LogP contribution in [0.2, 0.25) is 0 Å². The molecule has 180 valence electrons. The summed E-state index contributed by atoms with van der Waals surface area (Å²) < 4.78 is 13.9. The van der Waals surface area contributed by atoms with E-state index in [9.17, 15) is 19.1 Å². The van der Waals surface area contributed by atoms with Crippen LogP contribution in [0.1, 0.15) is 57.1 Å². The third kappa shape index (κ3) is 7.97. The number of thioether (sulfide) groups is 1. The van der Waals surface area contributed by atoms with Gasteiger partial charge in [-0.2, -0.15) is 0 Å². The third-order valence-corrected chi connectivity index (χ3v) is 7.95. The zero-order valence-corrected chi connectivity index (χ0v) is 20.2. The second-order valence-corrected chi connectivity index (χ2v) is 10.7. The zero-order valence-electron chi connectivity index (χ0n) is 18.6. The molecule has 7 nitrogen and oxygen atoms in total. The smallest absolute Gasteiger partial charge is 0.323 e. The number of nitrogens with one attached hydrogen (secondary N) is 1. The van der Waals surface area contributed by atoms with Crippen LogP contribution in [-0.4, -0.2) is 50.4 Å². The number of carbonyl (C=O) groups is 2. The molecular formula is C23H30FN3O4S2. The Labute approximate surface area is 201 Å². The van der Waals surface area contributed by atoms with Gasteiger partial charge in [-0.05, 0) is 62.1 Å². The molecule has 1 saturated carbocycles. The first-order chi connectivity index (χ1) is 15.8. The summed E-state index contributed by atoms with van der Waals surface area (Å²) in [6, 6.07) is 5.72. The average molecular weight is 496 g/mol. The number of aliphatic hydroxyl groups excluding tert-OH is 1. The molecular weight excluding hydrogens is 465 g/mol. The fourth-order valence-electron chi connectivity index (χ4n) is 3.99. The number of nitrogens with zero attached hydrogens (tertiary/aromatic N) is 2. The second-order valence-electron chi connectivity index (χ2n) is 8.41. The lowest BCUT2D eigenvalue weighted by Crippen LogP contribution is -2.45. The van der Waals surface area contributed by atoms with E-state index in [1.165, 1.54) is 35.2 Å². The molecule has 1 aliphatic rings. The molecule has 3 rings (SSSR count). The summed E-state index contributed by atoms with van der Waals surface area (Å²) in [6.07, 6.45) is 5.94. The number of benzene rings is 1. The first kappa shape index (κ1) is 25.5. The minimum Gasteiger partial charge on any atom is -0.481 e. The van der Waals surface area contributed by atoms with Gasteiger partial charge in [0, 0.05) is 12.6 Å². The highest BCUT2D eigenvalue weighted by Gasteiger charge is 2.28. The number of amides is 2. The Balaban J connectivity index is 1.59. The predicted octanol–water partition coefficient (Wildman–Crippen LogP) is 5.39. The van der Waals surface area contributed by atoms with E-state index in [4.69, 9.17) is 5.11 Å². The molecule has 0 spiro atoms. The number of carboxylic acid groups (broad SMARTS) is 1. The lowest BCUT2D eigenvalue weighted by Gasteiger charge is -2.36. The van der Waals surface area contributed by atoms with Gasteiger partial charge in [-0.25, -0.2) is 14.2 Å². The summed E-state index contributed by atoms with van der Waals surface area (Å²) in [4.78, 5) is 29.9. The van der Waals surface area contributed by atoms with E-state index in [0.29, 0.717) is 36.0 Å². The molecule has 0 saturated heterocycles. The van der Waals surface area contributed by atoms with Crippen LogP contribution < -0.4 is 5.32 Å². The first-order valence-electron chi connectivity index (χ1n) is 11.1. The summed E-state index contributed by atoms with van der Waals surface area (Å²) in [6.45, 7) is 2.72. The normalized spacial score (nSPS) is 19.1. The number of anilines is 1. The van der Waals surface area contributed by atoms with Gasteiger partial charge in [0.1, 0.15) is 5.82 Å².